The Bertz CT molecular complexity index is 161. The molecule has 0 bridgehead atoms. The summed E-state index contributed by atoms with van der Waals surface area (Å²) in [6.45, 7) is 4.07. The molecule has 3 N–H and O–H groups in total. The van der Waals surface area contributed by atoms with Gasteiger partial charge in [0, 0.05) is 12.5 Å². The van der Waals surface area contributed by atoms with Crippen LogP contribution in [0.3, 0.4) is 0 Å². The van der Waals surface area contributed by atoms with Gasteiger partial charge in [-0.1, -0.05) is 0 Å². The molecule has 0 aromatic heterocycles. The van der Waals surface area contributed by atoms with E-state index < -0.39 is 5.79 Å². The van der Waals surface area contributed by atoms with Gasteiger partial charge in [-0.15, -0.1) is 0 Å². The van der Waals surface area contributed by atoms with Crippen molar-refractivity contribution < 1.29 is 9.47 Å². The molecule has 2 fully saturated rings. The lowest BCUT2D eigenvalue weighted by atomic mass is 9.90. The highest BCUT2D eigenvalue weighted by Gasteiger charge is 2.43. The fraction of sp³-hybridized carbons (Fsp3) is 1.00. The van der Waals surface area contributed by atoms with Gasteiger partial charge in [0.2, 0.25) is 0 Å². The van der Waals surface area contributed by atoms with Crippen LogP contribution in [0.5, 0.6) is 0 Å². The van der Waals surface area contributed by atoms with Crippen LogP contribution in [0.15, 0.2) is 0 Å². The minimum atomic E-state index is -0.411. The Morgan fingerprint density at radius 1 is 1.38 bits per heavy atom. The van der Waals surface area contributed by atoms with Gasteiger partial charge < -0.3 is 20.5 Å². The zero-order chi connectivity index (χ0) is 9.15. The highest BCUT2D eigenvalue weighted by Crippen LogP contribution is 2.30. The van der Waals surface area contributed by atoms with Crippen molar-refractivity contribution in [2.45, 2.75) is 18.6 Å². The molecule has 2 rings (SSSR count). The molecular formula is C9H18N2O2. The van der Waals surface area contributed by atoms with Crippen LogP contribution >= 0.6 is 0 Å². The van der Waals surface area contributed by atoms with Crippen LogP contribution < -0.4 is 11.1 Å². The van der Waals surface area contributed by atoms with Gasteiger partial charge in [-0.25, -0.2) is 0 Å². The van der Waals surface area contributed by atoms with Gasteiger partial charge >= 0.3 is 0 Å². The lowest BCUT2D eigenvalue weighted by Gasteiger charge is -2.45. The van der Waals surface area contributed by atoms with Gasteiger partial charge in [0.25, 0.3) is 0 Å². The maximum Gasteiger partial charge on any atom is 0.184 e. The van der Waals surface area contributed by atoms with Crippen LogP contribution in [0.25, 0.3) is 0 Å². The second kappa shape index (κ2) is 3.92. The van der Waals surface area contributed by atoms with Crippen LogP contribution in [-0.2, 0) is 9.47 Å². The number of ether oxygens (including phenoxy) is 2. The van der Waals surface area contributed by atoms with E-state index in [1.165, 1.54) is 0 Å². The van der Waals surface area contributed by atoms with Crippen molar-refractivity contribution in [2.24, 2.45) is 11.7 Å². The van der Waals surface area contributed by atoms with E-state index in [9.17, 15) is 0 Å². The van der Waals surface area contributed by atoms with Gasteiger partial charge in [-0.2, -0.15) is 0 Å². The van der Waals surface area contributed by atoms with Crippen LogP contribution in [0.1, 0.15) is 12.8 Å². The summed E-state index contributed by atoms with van der Waals surface area (Å²) in [5.74, 6) is -0.0559. The second-order valence-electron chi connectivity index (χ2n) is 3.76. The first-order valence-corrected chi connectivity index (χ1v) is 5.06. The van der Waals surface area contributed by atoms with E-state index in [0.29, 0.717) is 12.5 Å². The van der Waals surface area contributed by atoms with E-state index in [1.807, 2.05) is 0 Å². The van der Waals surface area contributed by atoms with Gasteiger partial charge in [0.1, 0.15) is 0 Å². The normalized spacial score (nSPS) is 33.5. The monoisotopic (exact) mass is 186 g/mol. The number of hydrogen-bond donors (Lipinski definition) is 2. The molecule has 4 nitrogen and oxygen atoms in total. The molecule has 2 aliphatic rings. The largest absolute Gasteiger partial charge is 0.348 e. The standard InChI is InChI=1S/C9H18N2O2/c10-6-8-2-3-11-7-9(8)12-4-1-5-13-9/h8,11H,1-7,10H2. The Labute approximate surface area is 78.8 Å². The smallest absolute Gasteiger partial charge is 0.184 e. The average molecular weight is 186 g/mol. The highest BCUT2D eigenvalue weighted by molar-refractivity contribution is 4.88. The molecule has 0 radical (unpaired) electrons. The summed E-state index contributed by atoms with van der Waals surface area (Å²) in [6.07, 6.45) is 2.05. The van der Waals surface area contributed by atoms with Crippen molar-refractivity contribution in [3.63, 3.8) is 0 Å². The van der Waals surface area contributed by atoms with E-state index >= 15 is 0 Å². The van der Waals surface area contributed by atoms with Crippen molar-refractivity contribution in [2.75, 3.05) is 32.8 Å². The maximum absolute atomic E-state index is 5.75. The molecule has 1 atom stereocenters. The van der Waals surface area contributed by atoms with Gasteiger partial charge in [0.05, 0.1) is 19.8 Å². The molecule has 13 heavy (non-hydrogen) atoms. The van der Waals surface area contributed by atoms with Crippen molar-refractivity contribution in [1.29, 1.82) is 0 Å². The lowest BCUT2D eigenvalue weighted by molar-refractivity contribution is -0.295. The fourth-order valence-electron chi connectivity index (χ4n) is 2.13. The summed E-state index contributed by atoms with van der Waals surface area (Å²) >= 11 is 0. The first-order chi connectivity index (χ1) is 6.37. The molecule has 0 aromatic carbocycles. The lowest BCUT2D eigenvalue weighted by Crippen LogP contribution is -2.59. The molecule has 0 aromatic rings. The summed E-state index contributed by atoms with van der Waals surface area (Å²) in [6, 6.07) is 0. The zero-order valence-electron chi connectivity index (χ0n) is 7.92. The summed E-state index contributed by atoms with van der Waals surface area (Å²) in [5.41, 5.74) is 5.72. The number of rotatable bonds is 1. The molecule has 1 spiro atoms. The second-order valence-corrected chi connectivity index (χ2v) is 3.76. The minimum Gasteiger partial charge on any atom is -0.348 e. The van der Waals surface area contributed by atoms with Gasteiger partial charge in [-0.05, 0) is 19.4 Å². The van der Waals surface area contributed by atoms with E-state index in [2.05, 4.69) is 5.32 Å². The fourth-order valence-corrected chi connectivity index (χ4v) is 2.13. The predicted octanol–water partition coefficient (Wildman–Crippen LogP) is -0.312. The molecule has 2 heterocycles. The Morgan fingerprint density at radius 3 is 2.85 bits per heavy atom. The van der Waals surface area contributed by atoms with Crippen LogP contribution in [-0.4, -0.2) is 38.6 Å². The van der Waals surface area contributed by atoms with Gasteiger partial charge in [0.15, 0.2) is 5.79 Å². The third-order valence-corrected chi connectivity index (χ3v) is 2.93. The van der Waals surface area contributed by atoms with E-state index in [1.54, 1.807) is 0 Å². The van der Waals surface area contributed by atoms with E-state index in [4.69, 9.17) is 15.2 Å². The topological polar surface area (TPSA) is 56.5 Å². The molecule has 0 saturated carbocycles. The Hall–Kier alpha value is -0.160. The number of nitrogens with one attached hydrogen (secondary N) is 1. The molecular weight excluding hydrogens is 168 g/mol. The van der Waals surface area contributed by atoms with Crippen LogP contribution in [0.2, 0.25) is 0 Å². The van der Waals surface area contributed by atoms with Crippen molar-refractivity contribution in [3.05, 3.63) is 0 Å². The Balaban J connectivity index is 2.06. The van der Waals surface area contributed by atoms with Crippen molar-refractivity contribution in [3.8, 4) is 0 Å². The average Bonchev–Trinajstić information content (AvgIpc) is 2.20. The molecule has 0 aliphatic carbocycles. The molecule has 4 heteroatoms. The summed E-state index contributed by atoms with van der Waals surface area (Å²) in [5, 5.41) is 3.30. The first-order valence-electron chi connectivity index (χ1n) is 5.06. The first kappa shape index (κ1) is 9.40. The van der Waals surface area contributed by atoms with Crippen LogP contribution in [0.4, 0.5) is 0 Å². The zero-order valence-corrected chi connectivity index (χ0v) is 7.92. The molecule has 1 unspecified atom stereocenters. The number of hydrogen-bond acceptors (Lipinski definition) is 4. The molecule has 0 amide bonds. The van der Waals surface area contributed by atoms with Crippen LogP contribution in [0, 0.1) is 5.92 Å². The van der Waals surface area contributed by atoms with E-state index in [-0.39, 0.29) is 0 Å². The molecule has 2 saturated heterocycles. The minimum absolute atomic E-state index is 0.356. The predicted molar refractivity (Wildman–Crippen MR) is 49.3 cm³/mol. The third-order valence-electron chi connectivity index (χ3n) is 2.93. The molecule has 2 aliphatic heterocycles. The SMILES string of the molecule is NCC1CCNCC12OCCCO2. The number of piperidine rings is 1. The highest BCUT2D eigenvalue weighted by atomic mass is 16.7. The molecule has 76 valence electrons. The summed E-state index contributed by atoms with van der Waals surface area (Å²) < 4.78 is 11.5. The summed E-state index contributed by atoms with van der Waals surface area (Å²) in [7, 11) is 0. The van der Waals surface area contributed by atoms with Crippen molar-refractivity contribution >= 4 is 0 Å². The number of nitrogens with two attached hydrogens (primary N) is 1. The Morgan fingerprint density at radius 2 is 2.15 bits per heavy atom. The maximum atomic E-state index is 5.75. The third kappa shape index (κ3) is 1.72. The Kier molecular flexibility index (Phi) is 2.83. The van der Waals surface area contributed by atoms with Gasteiger partial charge in [-0.3, -0.25) is 0 Å². The van der Waals surface area contributed by atoms with E-state index in [0.717, 1.165) is 39.1 Å². The summed E-state index contributed by atoms with van der Waals surface area (Å²) in [4.78, 5) is 0. The van der Waals surface area contributed by atoms with Crippen molar-refractivity contribution in [1.82, 2.24) is 5.32 Å². The quantitative estimate of drug-likeness (QED) is 0.589.